The zero-order valence-corrected chi connectivity index (χ0v) is 22.5. The molecule has 1 N–H and O–H groups in total. The zero-order chi connectivity index (χ0) is 27.9. The number of hydrogen-bond acceptors (Lipinski definition) is 7. The first-order valence-electron chi connectivity index (χ1n) is 13.4. The number of carbonyl (C=O) groups excluding carboxylic acids is 3. The van der Waals surface area contributed by atoms with Gasteiger partial charge in [0.05, 0.1) is 6.61 Å². The van der Waals surface area contributed by atoms with Crippen molar-refractivity contribution in [3.8, 4) is 11.5 Å². The second-order valence-electron chi connectivity index (χ2n) is 9.70. The highest BCUT2D eigenvalue weighted by atomic mass is 16.7. The Hall–Kier alpha value is -4.38. The maximum atomic E-state index is 13.4. The average Bonchev–Trinajstić information content (AvgIpc) is 3.59. The maximum Gasteiger partial charge on any atom is 0.274 e. The van der Waals surface area contributed by atoms with E-state index in [-0.39, 0.29) is 43.2 Å². The molecular formula is C29H33N5O6. The fraction of sp³-hybridized carbons (Fsp3) is 0.379. The molecule has 2 aromatic carbocycles. The molecule has 0 spiro atoms. The van der Waals surface area contributed by atoms with Crippen LogP contribution in [0.3, 0.4) is 0 Å². The summed E-state index contributed by atoms with van der Waals surface area (Å²) in [5, 5.41) is 7.36. The Kier molecular flexibility index (Phi) is 8.60. The van der Waals surface area contributed by atoms with Crippen LogP contribution in [0.5, 0.6) is 11.5 Å². The van der Waals surface area contributed by atoms with Crippen molar-refractivity contribution in [3.05, 3.63) is 77.1 Å². The number of aromatic nitrogens is 2. The minimum Gasteiger partial charge on any atom is -0.454 e. The molecule has 0 fully saturated rings. The third-order valence-electron chi connectivity index (χ3n) is 6.91. The van der Waals surface area contributed by atoms with Crippen molar-refractivity contribution >= 4 is 17.7 Å². The van der Waals surface area contributed by atoms with Crippen molar-refractivity contribution in [3.63, 3.8) is 0 Å². The van der Waals surface area contributed by atoms with Gasteiger partial charge in [0.2, 0.25) is 12.7 Å². The number of amides is 3. The topological polar surface area (TPSA) is 115 Å². The van der Waals surface area contributed by atoms with Crippen LogP contribution in [0.1, 0.15) is 44.9 Å². The minimum absolute atomic E-state index is 0.108. The molecule has 0 unspecified atom stereocenters. The van der Waals surface area contributed by atoms with Gasteiger partial charge < -0.3 is 29.3 Å². The lowest BCUT2D eigenvalue weighted by molar-refractivity contribution is -0.121. The van der Waals surface area contributed by atoms with E-state index in [4.69, 9.17) is 14.2 Å². The molecule has 40 heavy (non-hydrogen) atoms. The molecule has 1 aromatic heterocycles. The molecule has 11 nitrogen and oxygen atoms in total. The van der Waals surface area contributed by atoms with E-state index in [9.17, 15) is 14.4 Å². The van der Waals surface area contributed by atoms with Crippen LogP contribution in [-0.4, -0.2) is 77.4 Å². The number of carbonyl (C=O) groups is 3. The number of rotatable bonds is 11. The van der Waals surface area contributed by atoms with Crippen LogP contribution < -0.4 is 14.8 Å². The van der Waals surface area contributed by atoms with Gasteiger partial charge in [-0.25, -0.2) is 0 Å². The number of aryl methyl sites for hydroxylation is 1. The van der Waals surface area contributed by atoms with Crippen molar-refractivity contribution in [2.75, 3.05) is 40.1 Å². The van der Waals surface area contributed by atoms with E-state index in [0.717, 1.165) is 17.5 Å². The highest BCUT2D eigenvalue weighted by Crippen LogP contribution is 2.32. The minimum atomic E-state index is -0.344. The summed E-state index contributed by atoms with van der Waals surface area (Å²) in [5.41, 5.74) is 2.50. The summed E-state index contributed by atoms with van der Waals surface area (Å²) in [4.78, 5) is 42.7. The Labute approximate surface area is 232 Å². The molecule has 0 saturated heterocycles. The van der Waals surface area contributed by atoms with E-state index in [1.807, 2.05) is 48.5 Å². The third kappa shape index (κ3) is 6.42. The Morgan fingerprint density at radius 2 is 1.85 bits per heavy atom. The summed E-state index contributed by atoms with van der Waals surface area (Å²) in [6, 6.07) is 16.9. The van der Waals surface area contributed by atoms with Gasteiger partial charge in [-0.05, 0) is 29.7 Å². The Bertz CT molecular complexity index is 1360. The van der Waals surface area contributed by atoms with Gasteiger partial charge in [0, 0.05) is 58.9 Å². The number of nitrogens with one attached hydrogen (secondary N) is 1. The Balaban J connectivity index is 1.21. The molecule has 210 valence electrons. The lowest BCUT2D eigenvalue weighted by atomic mass is 10.2. The largest absolute Gasteiger partial charge is 0.454 e. The second kappa shape index (κ2) is 12.6. The lowest BCUT2D eigenvalue weighted by Crippen LogP contribution is -2.37. The van der Waals surface area contributed by atoms with E-state index in [2.05, 4.69) is 10.4 Å². The quantitative estimate of drug-likeness (QED) is 0.392. The predicted molar refractivity (Wildman–Crippen MR) is 145 cm³/mol. The van der Waals surface area contributed by atoms with Crippen molar-refractivity contribution in [1.82, 2.24) is 24.9 Å². The van der Waals surface area contributed by atoms with E-state index < -0.39 is 0 Å². The van der Waals surface area contributed by atoms with Crippen molar-refractivity contribution < 1.29 is 28.6 Å². The Morgan fingerprint density at radius 3 is 2.67 bits per heavy atom. The van der Waals surface area contributed by atoms with Gasteiger partial charge in [-0.15, -0.1) is 0 Å². The zero-order valence-electron chi connectivity index (χ0n) is 22.5. The highest BCUT2D eigenvalue weighted by Gasteiger charge is 2.28. The van der Waals surface area contributed by atoms with Gasteiger partial charge in [0.1, 0.15) is 5.69 Å². The summed E-state index contributed by atoms with van der Waals surface area (Å²) in [6.45, 7) is 2.96. The standard InChI is InChI=1S/C29H33N5O6/c1-38-15-14-32(13-10-27(35)30-18-22-8-9-25-26(16-22)40-20-39-25)28(36)23-17-24-29(37)33(11-5-12-34(24)31-23)19-21-6-3-2-4-7-21/h2-4,6-9,16-17H,5,10-15,18-20H2,1H3,(H,30,35). The third-order valence-corrected chi connectivity index (χ3v) is 6.91. The second-order valence-corrected chi connectivity index (χ2v) is 9.70. The first kappa shape index (κ1) is 27.2. The van der Waals surface area contributed by atoms with Crippen LogP contribution in [0.25, 0.3) is 0 Å². The smallest absolute Gasteiger partial charge is 0.274 e. The molecule has 11 heteroatoms. The fourth-order valence-electron chi connectivity index (χ4n) is 4.75. The number of methoxy groups -OCH3 is 1. The SMILES string of the molecule is COCCN(CCC(=O)NCc1ccc2c(c1)OCO2)C(=O)c1cc2n(n1)CCCN(Cc1ccccc1)C2=O. The van der Waals surface area contributed by atoms with Crippen LogP contribution in [0.2, 0.25) is 0 Å². The van der Waals surface area contributed by atoms with Gasteiger partial charge in [-0.2, -0.15) is 5.10 Å². The van der Waals surface area contributed by atoms with Crippen LogP contribution >= 0.6 is 0 Å². The number of nitrogens with zero attached hydrogens (tertiary/aromatic N) is 4. The van der Waals surface area contributed by atoms with Crippen LogP contribution in [0.15, 0.2) is 54.6 Å². The first-order chi connectivity index (χ1) is 19.5. The summed E-state index contributed by atoms with van der Waals surface area (Å²) in [7, 11) is 1.56. The van der Waals surface area contributed by atoms with E-state index in [0.29, 0.717) is 56.5 Å². The van der Waals surface area contributed by atoms with Crippen LogP contribution in [0.4, 0.5) is 0 Å². The number of benzene rings is 2. The van der Waals surface area contributed by atoms with E-state index in [1.54, 1.807) is 22.8 Å². The molecule has 3 amide bonds. The average molecular weight is 548 g/mol. The molecule has 5 rings (SSSR count). The van der Waals surface area contributed by atoms with Crippen molar-refractivity contribution in [2.24, 2.45) is 0 Å². The molecular weight excluding hydrogens is 514 g/mol. The molecule has 3 aromatic rings. The number of ether oxygens (including phenoxy) is 3. The Morgan fingerprint density at radius 1 is 1.02 bits per heavy atom. The molecule has 0 saturated carbocycles. The highest BCUT2D eigenvalue weighted by molar-refractivity contribution is 5.98. The first-order valence-corrected chi connectivity index (χ1v) is 13.4. The summed E-state index contributed by atoms with van der Waals surface area (Å²) >= 11 is 0. The monoisotopic (exact) mass is 547 g/mol. The van der Waals surface area contributed by atoms with Gasteiger partial charge in [-0.3, -0.25) is 19.1 Å². The number of hydrogen-bond donors (Lipinski definition) is 1. The van der Waals surface area contributed by atoms with Crippen LogP contribution in [-0.2, 0) is 29.2 Å². The molecule has 2 aliphatic rings. The molecule has 0 atom stereocenters. The summed E-state index contributed by atoms with van der Waals surface area (Å²) in [6.07, 6.45) is 0.842. The molecule has 3 heterocycles. The van der Waals surface area contributed by atoms with Crippen molar-refractivity contribution in [2.45, 2.75) is 32.5 Å². The van der Waals surface area contributed by atoms with E-state index in [1.165, 1.54) is 4.90 Å². The van der Waals surface area contributed by atoms with Crippen LogP contribution in [0, 0.1) is 0 Å². The molecule has 2 aliphatic heterocycles. The van der Waals surface area contributed by atoms with Crippen molar-refractivity contribution in [1.29, 1.82) is 0 Å². The van der Waals surface area contributed by atoms with Gasteiger partial charge in [0.25, 0.3) is 11.8 Å². The van der Waals surface area contributed by atoms with Gasteiger partial charge in [-0.1, -0.05) is 36.4 Å². The normalized spacial score (nSPS) is 14.0. The van der Waals surface area contributed by atoms with Gasteiger partial charge >= 0.3 is 0 Å². The molecule has 0 radical (unpaired) electrons. The van der Waals surface area contributed by atoms with E-state index >= 15 is 0 Å². The predicted octanol–water partition coefficient (Wildman–Crippen LogP) is 2.45. The molecule has 0 aliphatic carbocycles. The lowest BCUT2D eigenvalue weighted by Gasteiger charge is -2.21. The summed E-state index contributed by atoms with van der Waals surface area (Å²) in [5.74, 6) is 0.649. The number of fused-ring (bicyclic) bond motifs is 2. The molecule has 0 bridgehead atoms. The summed E-state index contributed by atoms with van der Waals surface area (Å²) < 4.78 is 17.5. The fourth-order valence-corrected chi connectivity index (χ4v) is 4.75. The maximum absolute atomic E-state index is 13.4. The van der Waals surface area contributed by atoms with Gasteiger partial charge in [0.15, 0.2) is 17.2 Å².